The van der Waals surface area contributed by atoms with Gasteiger partial charge in [0.1, 0.15) is 0 Å². The Balaban J connectivity index is 2.94. The third-order valence-corrected chi connectivity index (χ3v) is 5.71. The summed E-state index contributed by atoms with van der Waals surface area (Å²) in [7, 11) is -2.23. The molecule has 25 heavy (non-hydrogen) atoms. The van der Waals surface area contributed by atoms with Crippen LogP contribution in [0.25, 0.3) is 0 Å². The van der Waals surface area contributed by atoms with Crippen molar-refractivity contribution in [2.75, 3.05) is 13.6 Å². The lowest BCUT2D eigenvalue weighted by molar-refractivity contribution is -0.129. The van der Waals surface area contributed by atoms with Gasteiger partial charge in [-0.25, -0.2) is 13.2 Å². The molecule has 0 saturated carbocycles. The molecule has 1 aromatic rings. The van der Waals surface area contributed by atoms with Crippen LogP contribution in [-0.2, 0) is 19.6 Å². The number of benzene rings is 1. The van der Waals surface area contributed by atoms with E-state index < -0.39 is 28.0 Å². The van der Waals surface area contributed by atoms with Gasteiger partial charge in [0, 0.05) is 19.6 Å². The maximum absolute atomic E-state index is 12.5. The standard InChI is InChI=1S/C17H26N2O5S/c1-6-10-18-16(20)13(4)24-17(21)14-8-7-9-15(11-14)25(22,23)19(5)12(2)3/h7-9,11-13H,6,10H2,1-5H3,(H,18,20)/t13-/m0/s1. The molecule has 140 valence electrons. The molecule has 0 fully saturated rings. The highest BCUT2D eigenvalue weighted by Gasteiger charge is 2.25. The Hall–Kier alpha value is -1.93. The van der Waals surface area contributed by atoms with Crippen molar-refractivity contribution < 1.29 is 22.7 Å². The SMILES string of the molecule is CCCNC(=O)[C@H](C)OC(=O)c1cccc(S(=O)(=O)N(C)C(C)C)c1. The molecule has 0 radical (unpaired) electrons. The fraction of sp³-hybridized carbons (Fsp3) is 0.529. The van der Waals surface area contributed by atoms with Crippen LogP contribution in [-0.4, -0.2) is 50.3 Å². The van der Waals surface area contributed by atoms with Crippen LogP contribution in [0, 0.1) is 0 Å². The van der Waals surface area contributed by atoms with Crippen molar-refractivity contribution in [3.63, 3.8) is 0 Å². The maximum Gasteiger partial charge on any atom is 0.338 e. The van der Waals surface area contributed by atoms with Gasteiger partial charge in [0.15, 0.2) is 6.10 Å². The zero-order chi connectivity index (χ0) is 19.2. The first-order chi connectivity index (χ1) is 11.6. The number of carbonyl (C=O) groups excluding carboxylic acids is 2. The minimum Gasteiger partial charge on any atom is -0.449 e. The third kappa shape index (κ3) is 5.54. The van der Waals surface area contributed by atoms with Crippen LogP contribution in [0.15, 0.2) is 29.2 Å². The second-order valence-corrected chi connectivity index (χ2v) is 7.98. The Morgan fingerprint density at radius 1 is 1.24 bits per heavy atom. The van der Waals surface area contributed by atoms with Crippen LogP contribution in [0.5, 0.6) is 0 Å². The van der Waals surface area contributed by atoms with E-state index in [0.717, 1.165) is 6.42 Å². The van der Waals surface area contributed by atoms with E-state index in [1.807, 2.05) is 6.92 Å². The molecule has 0 aliphatic carbocycles. The monoisotopic (exact) mass is 370 g/mol. The molecule has 0 aliphatic rings. The van der Waals surface area contributed by atoms with Gasteiger partial charge in [-0.2, -0.15) is 4.31 Å². The summed E-state index contributed by atoms with van der Waals surface area (Å²) in [6.45, 7) is 7.39. The van der Waals surface area contributed by atoms with Gasteiger partial charge in [0.25, 0.3) is 5.91 Å². The molecule has 1 amide bonds. The van der Waals surface area contributed by atoms with Gasteiger partial charge >= 0.3 is 5.97 Å². The van der Waals surface area contributed by atoms with Gasteiger partial charge in [0.2, 0.25) is 10.0 Å². The van der Waals surface area contributed by atoms with E-state index in [-0.39, 0.29) is 16.5 Å². The second kappa shape index (κ2) is 8.96. The van der Waals surface area contributed by atoms with Gasteiger partial charge in [0.05, 0.1) is 10.5 Å². The van der Waals surface area contributed by atoms with Crippen LogP contribution in [0.4, 0.5) is 0 Å². The number of nitrogens with one attached hydrogen (secondary N) is 1. The van der Waals surface area contributed by atoms with Crippen molar-refractivity contribution >= 4 is 21.9 Å². The normalized spacial score (nSPS) is 12.9. The zero-order valence-electron chi connectivity index (χ0n) is 15.3. The predicted octanol–water partition coefficient (Wildman–Crippen LogP) is 1.79. The lowest BCUT2D eigenvalue weighted by Gasteiger charge is -2.21. The Morgan fingerprint density at radius 3 is 2.44 bits per heavy atom. The van der Waals surface area contributed by atoms with Gasteiger partial charge in [-0.3, -0.25) is 4.79 Å². The number of carbonyl (C=O) groups is 2. The zero-order valence-corrected chi connectivity index (χ0v) is 16.1. The molecule has 0 bridgehead atoms. The lowest BCUT2D eigenvalue weighted by Crippen LogP contribution is -2.36. The van der Waals surface area contributed by atoms with E-state index in [4.69, 9.17) is 4.74 Å². The molecular formula is C17H26N2O5S. The molecule has 1 rings (SSSR count). The minimum absolute atomic E-state index is 0.00115. The molecule has 0 unspecified atom stereocenters. The van der Waals surface area contributed by atoms with Crippen LogP contribution in [0.2, 0.25) is 0 Å². The van der Waals surface area contributed by atoms with Crippen molar-refractivity contribution in [3.05, 3.63) is 29.8 Å². The summed E-state index contributed by atoms with van der Waals surface area (Å²) in [6, 6.07) is 5.38. The molecule has 0 spiro atoms. The molecule has 7 nitrogen and oxygen atoms in total. The summed E-state index contributed by atoms with van der Waals surface area (Å²) < 4.78 is 31.3. The van der Waals surface area contributed by atoms with Gasteiger partial charge < -0.3 is 10.1 Å². The van der Waals surface area contributed by atoms with Crippen LogP contribution in [0.1, 0.15) is 44.5 Å². The highest BCUT2D eigenvalue weighted by molar-refractivity contribution is 7.89. The van der Waals surface area contributed by atoms with Crippen LogP contribution < -0.4 is 5.32 Å². The first-order valence-corrected chi connectivity index (χ1v) is 9.62. The van der Waals surface area contributed by atoms with Crippen LogP contribution in [0.3, 0.4) is 0 Å². The topological polar surface area (TPSA) is 92.8 Å². The second-order valence-electron chi connectivity index (χ2n) is 5.98. The summed E-state index contributed by atoms with van der Waals surface area (Å²) in [5.74, 6) is -1.14. The lowest BCUT2D eigenvalue weighted by atomic mass is 10.2. The third-order valence-electron chi connectivity index (χ3n) is 3.68. The predicted molar refractivity (Wildman–Crippen MR) is 94.7 cm³/mol. The van der Waals surface area contributed by atoms with E-state index in [1.54, 1.807) is 13.8 Å². The largest absolute Gasteiger partial charge is 0.449 e. The fourth-order valence-electron chi connectivity index (χ4n) is 1.90. The van der Waals surface area contributed by atoms with Crippen LogP contribution >= 0.6 is 0 Å². The number of hydrogen-bond acceptors (Lipinski definition) is 5. The highest BCUT2D eigenvalue weighted by Crippen LogP contribution is 2.18. The van der Waals surface area contributed by atoms with Gasteiger partial charge in [-0.05, 0) is 45.4 Å². The Morgan fingerprint density at radius 2 is 1.88 bits per heavy atom. The number of hydrogen-bond donors (Lipinski definition) is 1. The van der Waals surface area contributed by atoms with Gasteiger partial charge in [-0.15, -0.1) is 0 Å². The van der Waals surface area contributed by atoms with Crippen molar-refractivity contribution in [2.24, 2.45) is 0 Å². The molecule has 0 heterocycles. The van der Waals surface area contributed by atoms with E-state index in [0.29, 0.717) is 6.54 Å². The van der Waals surface area contributed by atoms with Crippen molar-refractivity contribution in [2.45, 2.75) is 51.2 Å². The quantitative estimate of drug-likeness (QED) is 0.704. The highest BCUT2D eigenvalue weighted by atomic mass is 32.2. The maximum atomic E-state index is 12.5. The molecule has 1 atom stereocenters. The smallest absolute Gasteiger partial charge is 0.338 e. The minimum atomic E-state index is -3.70. The number of ether oxygens (including phenoxy) is 1. The summed E-state index contributed by atoms with van der Waals surface area (Å²) in [5.41, 5.74) is 0.0772. The van der Waals surface area contributed by atoms with E-state index in [9.17, 15) is 18.0 Å². The van der Waals surface area contributed by atoms with E-state index in [1.165, 1.54) is 42.5 Å². The Kier molecular flexibility index (Phi) is 7.57. The Bertz CT molecular complexity index is 716. The summed E-state index contributed by atoms with van der Waals surface area (Å²) in [6.07, 6.45) is -0.187. The number of rotatable bonds is 8. The molecule has 0 aliphatic heterocycles. The number of sulfonamides is 1. The number of nitrogens with zero attached hydrogens (tertiary/aromatic N) is 1. The summed E-state index contributed by atoms with van der Waals surface area (Å²) in [5, 5.41) is 2.63. The molecule has 0 aromatic heterocycles. The summed E-state index contributed by atoms with van der Waals surface area (Å²) in [4.78, 5) is 24.0. The first-order valence-electron chi connectivity index (χ1n) is 8.18. The van der Waals surface area contributed by atoms with Crippen molar-refractivity contribution in [1.29, 1.82) is 0 Å². The molecular weight excluding hydrogens is 344 g/mol. The molecule has 0 saturated heterocycles. The number of esters is 1. The molecule has 1 aromatic carbocycles. The first kappa shape index (κ1) is 21.1. The summed E-state index contributed by atoms with van der Waals surface area (Å²) >= 11 is 0. The van der Waals surface area contributed by atoms with Crippen molar-refractivity contribution in [1.82, 2.24) is 9.62 Å². The molecule has 8 heteroatoms. The van der Waals surface area contributed by atoms with E-state index in [2.05, 4.69) is 5.32 Å². The average Bonchev–Trinajstić information content (AvgIpc) is 2.58. The average molecular weight is 370 g/mol. The molecule has 1 N–H and O–H groups in total. The number of amides is 1. The fourth-order valence-corrected chi connectivity index (χ4v) is 3.32. The van der Waals surface area contributed by atoms with E-state index >= 15 is 0 Å². The van der Waals surface area contributed by atoms with Gasteiger partial charge in [-0.1, -0.05) is 13.0 Å². The van der Waals surface area contributed by atoms with Crippen molar-refractivity contribution in [3.8, 4) is 0 Å². The Labute approximate surface area is 149 Å².